The number of para-hydroxylation sites is 1. The van der Waals surface area contributed by atoms with E-state index in [1.165, 1.54) is 10.9 Å². The number of aromatic nitrogens is 2. The predicted octanol–water partition coefficient (Wildman–Crippen LogP) is 3.96. The molecule has 3 rings (SSSR count). The largest absolute Gasteiger partial charge is 0.466 e. The quantitative estimate of drug-likeness (QED) is 0.670. The summed E-state index contributed by atoms with van der Waals surface area (Å²) in [5.41, 5.74) is 4.51. The highest BCUT2D eigenvalue weighted by molar-refractivity contribution is 5.91. The summed E-state index contributed by atoms with van der Waals surface area (Å²) >= 11 is 0. The van der Waals surface area contributed by atoms with E-state index in [1.807, 2.05) is 31.3 Å². The van der Waals surface area contributed by atoms with Crippen LogP contribution in [0, 0.1) is 6.92 Å². The van der Waals surface area contributed by atoms with Crippen molar-refractivity contribution in [2.24, 2.45) is 0 Å². The van der Waals surface area contributed by atoms with E-state index in [-0.39, 0.29) is 5.97 Å². The summed E-state index contributed by atoms with van der Waals surface area (Å²) in [5.74, 6) is -0.167. The summed E-state index contributed by atoms with van der Waals surface area (Å²) in [5, 5.41) is 1.20. The summed E-state index contributed by atoms with van der Waals surface area (Å²) in [7, 11) is 0. The molecule has 118 valence electrons. The van der Waals surface area contributed by atoms with Crippen molar-refractivity contribution in [3.05, 3.63) is 54.4 Å². The second-order valence-electron chi connectivity index (χ2n) is 5.44. The molecule has 0 amide bonds. The smallest absolute Gasteiger partial charge is 0.307 e. The molecule has 0 aliphatic rings. The van der Waals surface area contributed by atoms with Crippen molar-refractivity contribution in [3.8, 4) is 11.3 Å². The lowest BCUT2D eigenvalue weighted by Gasteiger charge is -2.11. The van der Waals surface area contributed by atoms with Gasteiger partial charge >= 0.3 is 5.97 Å². The number of rotatable bonds is 5. The molecule has 0 aliphatic carbocycles. The molecule has 23 heavy (non-hydrogen) atoms. The van der Waals surface area contributed by atoms with Crippen LogP contribution < -0.4 is 0 Å². The van der Waals surface area contributed by atoms with Gasteiger partial charge in [-0.25, -0.2) is 0 Å². The van der Waals surface area contributed by atoms with Crippen LogP contribution in [0.5, 0.6) is 0 Å². The predicted molar refractivity (Wildman–Crippen MR) is 91.2 cm³/mol. The van der Waals surface area contributed by atoms with Gasteiger partial charge in [0.1, 0.15) is 0 Å². The average molecular weight is 308 g/mol. The molecule has 2 aromatic heterocycles. The van der Waals surface area contributed by atoms with E-state index in [0.29, 0.717) is 19.6 Å². The molecular formula is C19H20N2O2. The molecule has 0 unspecified atom stereocenters. The van der Waals surface area contributed by atoms with Crippen LogP contribution in [0.1, 0.15) is 18.9 Å². The molecule has 0 N–H and O–H groups in total. The number of esters is 1. The van der Waals surface area contributed by atoms with Crippen molar-refractivity contribution in [2.45, 2.75) is 26.8 Å². The second-order valence-corrected chi connectivity index (χ2v) is 5.44. The van der Waals surface area contributed by atoms with Gasteiger partial charge in [0.25, 0.3) is 0 Å². The zero-order valence-corrected chi connectivity index (χ0v) is 13.5. The Morgan fingerprint density at radius 2 is 2.04 bits per heavy atom. The van der Waals surface area contributed by atoms with Crippen LogP contribution in [0.3, 0.4) is 0 Å². The number of hydrogen-bond donors (Lipinski definition) is 0. The molecule has 1 aromatic carbocycles. The molecule has 2 heterocycles. The van der Waals surface area contributed by atoms with E-state index in [9.17, 15) is 4.79 Å². The monoisotopic (exact) mass is 308 g/mol. The normalized spacial score (nSPS) is 10.9. The fraction of sp³-hybridized carbons (Fsp3) is 0.263. The Hall–Kier alpha value is -2.62. The number of ether oxygens (including phenoxy) is 1. The first kappa shape index (κ1) is 15.3. The van der Waals surface area contributed by atoms with Crippen molar-refractivity contribution >= 4 is 16.9 Å². The van der Waals surface area contributed by atoms with Crippen LogP contribution in [0.15, 0.2) is 48.8 Å². The highest BCUT2D eigenvalue weighted by Gasteiger charge is 2.16. The van der Waals surface area contributed by atoms with Crippen molar-refractivity contribution in [1.82, 2.24) is 9.55 Å². The molecular weight excluding hydrogens is 288 g/mol. The first-order valence-electron chi connectivity index (χ1n) is 7.86. The maximum atomic E-state index is 11.8. The highest BCUT2D eigenvalue weighted by atomic mass is 16.5. The Bertz CT molecular complexity index is 822. The molecule has 0 atom stereocenters. The minimum atomic E-state index is -0.167. The number of benzene rings is 1. The molecule has 4 nitrogen and oxygen atoms in total. The van der Waals surface area contributed by atoms with Crippen LogP contribution in [-0.4, -0.2) is 22.1 Å². The average Bonchev–Trinajstić information content (AvgIpc) is 2.87. The fourth-order valence-corrected chi connectivity index (χ4v) is 3.02. The minimum absolute atomic E-state index is 0.167. The minimum Gasteiger partial charge on any atom is -0.466 e. The van der Waals surface area contributed by atoms with Gasteiger partial charge in [-0.2, -0.15) is 0 Å². The molecule has 0 aliphatic heterocycles. The topological polar surface area (TPSA) is 44.1 Å². The number of aryl methyl sites for hydroxylation is 2. The second kappa shape index (κ2) is 6.65. The van der Waals surface area contributed by atoms with Gasteiger partial charge in [-0.05, 0) is 37.6 Å². The molecule has 0 bridgehead atoms. The molecule has 0 saturated heterocycles. The van der Waals surface area contributed by atoms with E-state index in [2.05, 4.69) is 34.7 Å². The van der Waals surface area contributed by atoms with Crippen molar-refractivity contribution in [2.75, 3.05) is 6.61 Å². The molecule has 0 spiro atoms. The zero-order valence-electron chi connectivity index (χ0n) is 13.5. The van der Waals surface area contributed by atoms with Gasteiger partial charge in [-0.3, -0.25) is 9.78 Å². The van der Waals surface area contributed by atoms with Crippen LogP contribution in [-0.2, 0) is 16.1 Å². The van der Waals surface area contributed by atoms with Crippen molar-refractivity contribution in [3.63, 3.8) is 0 Å². The SMILES string of the molecule is CCOC(=O)CCn1c(-c2cccnc2)c(C)c2ccccc21. The number of fused-ring (bicyclic) bond motifs is 1. The summed E-state index contributed by atoms with van der Waals surface area (Å²) in [4.78, 5) is 16.0. The third kappa shape index (κ3) is 2.97. The van der Waals surface area contributed by atoms with Gasteiger partial charge in [0, 0.05) is 35.4 Å². The van der Waals surface area contributed by atoms with E-state index < -0.39 is 0 Å². The number of pyridine rings is 1. The first-order valence-corrected chi connectivity index (χ1v) is 7.86. The van der Waals surface area contributed by atoms with Gasteiger partial charge in [0.15, 0.2) is 0 Å². The Morgan fingerprint density at radius 1 is 1.22 bits per heavy atom. The van der Waals surface area contributed by atoms with E-state index in [1.54, 1.807) is 6.20 Å². The van der Waals surface area contributed by atoms with Crippen LogP contribution in [0.4, 0.5) is 0 Å². The lowest BCUT2D eigenvalue weighted by atomic mass is 10.1. The number of carbonyl (C=O) groups is 1. The third-order valence-corrected chi connectivity index (χ3v) is 4.00. The number of nitrogens with zero attached hydrogens (tertiary/aromatic N) is 2. The maximum absolute atomic E-state index is 11.8. The summed E-state index contributed by atoms with van der Waals surface area (Å²) in [6.45, 7) is 4.96. The van der Waals surface area contributed by atoms with Gasteiger partial charge in [0.05, 0.1) is 18.7 Å². The van der Waals surface area contributed by atoms with E-state index in [4.69, 9.17) is 4.74 Å². The van der Waals surface area contributed by atoms with E-state index in [0.717, 1.165) is 16.8 Å². The molecule has 0 fully saturated rings. The standard InChI is InChI=1S/C19H20N2O2/c1-3-23-18(22)10-12-21-17-9-5-4-8-16(17)14(2)19(21)15-7-6-11-20-13-15/h4-9,11,13H,3,10,12H2,1-2H3. The fourth-order valence-electron chi connectivity index (χ4n) is 3.02. The van der Waals surface area contributed by atoms with Crippen LogP contribution >= 0.6 is 0 Å². The molecule has 4 heteroatoms. The molecule has 0 saturated carbocycles. The molecule has 3 aromatic rings. The van der Waals surface area contributed by atoms with Crippen LogP contribution in [0.25, 0.3) is 22.2 Å². The van der Waals surface area contributed by atoms with Gasteiger partial charge in [-0.1, -0.05) is 18.2 Å². The third-order valence-electron chi connectivity index (χ3n) is 4.00. The van der Waals surface area contributed by atoms with Crippen molar-refractivity contribution in [1.29, 1.82) is 0 Å². The first-order chi connectivity index (χ1) is 11.2. The summed E-state index contributed by atoms with van der Waals surface area (Å²) in [6.07, 6.45) is 3.99. The highest BCUT2D eigenvalue weighted by Crippen LogP contribution is 2.33. The van der Waals surface area contributed by atoms with Gasteiger partial charge in [-0.15, -0.1) is 0 Å². The summed E-state index contributed by atoms with van der Waals surface area (Å²) in [6, 6.07) is 12.3. The molecule has 0 radical (unpaired) electrons. The van der Waals surface area contributed by atoms with Crippen molar-refractivity contribution < 1.29 is 9.53 Å². The Morgan fingerprint density at radius 3 is 2.78 bits per heavy atom. The van der Waals surface area contributed by atoms with Crippen LogP contribution in [0.2, 0.25) is 0 Å². The number of carbonyl (C=O) groups excluding carboxylic acids is 1. The lowest BCUT2D eigenvalue weighted by Crippen LogP contribution is -2.09. The Labute approximate surface area is 135 Å². The summed E-state index contributed by atoms with van der Waals surface area (Å²) < 4.78 is 7.26. The zero-order chi connectivity index (χ0) is 16.2. The van der Waals surface area contributed by atoms with Gasteiger partial charge in [0.2, 0.25) is 0 Å². The number of hydrogen-bond acceptors (Lipinski definition) is 3. The lowest BCUT2D eigenvalue weighted by molar-refractivity contribution is -0.143. The van der Waals surface area contributed by atoms with Gasteiger partial charge < -0.3 is 9.30 Å². The maximum Gasteiger partial charge on any atom is 0.307 e. The Kier molecular flexibility index (Phi) is 4.42. The van der Waals surface area contributed by atoms with E-state index >= 15 is 0 Å². The Balaban J connectivity index is 2.08.